The van der Waals surface area contributed by atoms with Crippen molar-refractivity contribution in [3.63, 3.8) is 0 Å². The van der Waals surface area contributed by atoms with Gasteiger partial charge >= 0.3 is 0 Å². The molecule has 186 valence electrons. The number of hydrogen-bond acceptors (Lipinski definition) is 3. The molecule has 4 nitrogen and oxygen atoms in total. The molecule has 35 heavy (non-hydrogen) atoms. The number of aryl methyl sites for hydroxylation is 1. The Morgan fingerprint density at radius 3 is 2.06 bits per heavy atom. The molecule has 0 radical (unpaired) electrons. The first-order valence-electron chi connectivity index (χ1n) is 12.6. The summed E-state index contributed by atoms with van der Waals surface area (Å²) < 4.78 is 27.8. The first kappa shape index (κ1) is 26.0. The third kappa shape index (κ3) is 6.80. The normalized spacial score (nSPS) is 19.2. The van der Waals surface area contributed by atoms with E-state index in [4.69, 9.17) is 0 Å². The maximum absolute atomic E-state index is 12.5. The van der Waals surface area contributed by atoms with Gasteiger partial charge in [-0.3, -0.25) is 0 Å². The molecule has 1 fully saturated rings. The standard InChI is InChI=1S/C29H37N2O2PS/c1-23-17-19-27(20-18-23)35(32,33)31-22-10-21-30-24(2)28-15-9-16-29(28)34(25-11-5-3-6-12-25)26-13-7-4-8-14-26/h3-8,11-14,17-20,24,28-31H,9-10,15-16,21-22H2,1-2H3/t24-,28?,29?/m1/s1. The minimum Gasteiger partial charge on any atom is -0.314 e. The van der Waals surface area contributed by atoms with Crippen LogP contribution in [0.3, 0.4) is 0 Å². The van der Waals surface area contributed by atoms with Crippen LogP contribution in [0.25, 0.3) is 0 Å². The van der Waals surface area contributed by atoms with Gasteiger partial charge in [-0.1, -0.05) is 84.8 Å². The Kier molecular flexibility index (Phi) is 9.13. The van der Waals surface area contributed by atoms with Crippen LogP contribution in [-0.4, -0.2) is 33.2 Å². The third-order valence-electron chi connectivity index (χ3n) is 7.02. The lowest BCUT2D eigenvalue weighted by atomic mass is 9.99. The Labute approximate surface area is 212 Å². The molecule has 3 aromatic rings. The van der Waals surface area contributed by atoms with Crippen molar-refractivity contribution in [1.82, 2.24) is 10.0 Å². The third-order valence-corrected chi connectivity index (χ3v) is 11.5. The minimum absolute atomic E-state index is 0.327. The van der Waals surface area contributed by atoms with E-state index < -0.39 is 17.9 Å². The molecule has 0 aromatic heterocycles. The molecule has 0 spiro atoms. The van der Waals surface area contributed by atoms with Crippen molar-refractivity contribution in [1.29, 1.82) is 0 Å². The van der Waals surface area contributed by atoms with Gasteiger partial charge in [0, 0.05) is 12.6 Å². The van der Waals surface area contributed by atoms with Gasteiger partial charge in [0.1, 0.15) is 0 Å². The molecule has 4 rings (SSSR count). The number of benzene rings is 3. The number of sulfonamides is 1. The molecule has 1 aliphatic carbocycles. The Morgan fingerprint density at radius 2 is 1.46 bits per heavy atom. The second kappa shape index (κ2) is 12.3. The summed E-state index contributed by atoms with van der Waals surface area (Å²) in [5, 5.41) is 6.64. The van der Waals surface area contributed by atoms with Crippen LogP contribution in [0.15, 0.2) is 89.8 Å². The maximum atomic E-state index is 12.5. The summed E-state index contributed by atoms with van der Waals surface area (Å²) in [5.41, 5.74) is 1.70. The SMILES string of the molecule is Cc1ccc(S(=O)(=O)NCCCN[C@H](C)C2CCCC2P(c2ccccc2)c2ccccc2)cc1. The molecule has 1 saturated carbocycles. The molecule has 0 heterocycles. The van der Waals surface area contributed by atoms with Crippen LogP contribution in [0.1, 0.15) is 38.2 Å². The van der Waals surface area contributed by atoms with E-state index in [9.17, 15) is 8.42 Å². The van der Waals surface area contributed by atoms with Gasteiger partial charge in [0.2, 0.25) is 10.0 Å². The largest absolute Gasteiger partial charge is 0.314 e. The van der Waals surface area contributed by atoms with E-state index in [-0.39, 0.29) is 0 Å². The molecular weight excluding hydrogens is 471 g/mol. The Bertz CT molecular complexity index is 1110. The number of rotatable bonds is 11. The second-order valence-corrected chi connectivity index (χ2v) is 13.7. The van der Waals surface area contributed by atoms with E-state index in [0.717, 1.165) is 18.5 Å². The van der Waals surface area contributed by atoms with Crippen LogP contribution in [-0.2, 0) is 10.0 Å². The fraction of sp³-hybridized carbons (Fsp3) is 0.379. The Hall–Kier alpha value is -2.04. The monoisotopic (exact) mass is 508 g/mol. The molecule has 2 N–H and O–H groups in total. The number of nitrogens with one attached hydrogen (secondary N) is 2. The molecule has 6 heteroatoms. The number of hydrogen-bond donors (Lipinski definition) is 2. The van der Waals surface area contributed by atoms with E-state index in [1.807, 2.05) is 19.1 Å². The van der Waals surface area contributed by atoms with Gasteiger partial charge in [-0.25, -0.2) is 13.1 Å². The average Bonchev–Trinajstić information content (AvgIpc) is 3.35. The summed E-state index contributed by atoms with van der Waals surface area (Å²) in [4.78, 5) is 0.327. The van der Waals surface area contributed by atoms with Crippen molar-refractivity contribution < 1.29 is 8.42 Å². The maximum Gasteiger partial charge on any atom is 0.240 e. The van der Waals surface area contributed by atoms with Gasteiger partial charge in [0.15, 0.2) is 0 Å². The quantitative estimate of drug-likeness (QED) is 0.285. The van der Waals surface area contributed by atoms with E-state index in [1.165, 1.54) is 29.9 Å². The summed E-state index contributed by atoms with van der Waals surface area (Å²) >= 11 is 0. The second-order valence-electron chi connectivity index (χ2n) is 9.51. The summed E-state index contributed by atoms with van der Waals surface area (Å²) in [7, 11) is -3.87. The highest BCUT2D eigenvalue weighted by Crippen LogP contribution is 2.50. The zero-order valence-electron chi connectivity index (χ0n) is 20.7. The van der Waals surface area contributed by atoms with Crippen molar-refractivity contribution >= 4 is 28.6 Å². The van der Waals surface area contributed by atoms with Crippen LogP contribution in [0.4, 0.5) is 0 Å². The predicted octanol–water partition coefficient (Wildman–Crippen LogP) is 4.94. The van der Waals surface area contributed by atoms with Gasteiger partial charge < -0.3 is 5.32 Å². The first-order valence-corrected chi connectivity index (χ1v) is 15.5. The van der Waals surface area contributed by atoms with Crippen LogP contribution in [0, 0.1) is 12.8 Å². The van der Waals surface area contributed by atoms with Gasteiger partial charge in [-0.15, -0.1) is 0 Å². The zero-order valence-corrected chi connectivity index (χ0v) is 22.4. The molecule has 0 amide bonds. The molecule has 0 bridgehead atoms. The van der Waals surface area contributed by atoms with Crippen LogP contribution in [0.2, 0.25) is 0 Å². The van der Waals surface area contributed by atoms with E-state index in [0.29, 0.717) is 29.1 Å². The Morgan fingerprint density at radius 1 is 0.857 bits per heavy atom. The lowest BCUT2D eigenvalue weighted by Crippen LogP contribution is -2.40. The smallest absolute Gasteiger partial charge is 0.240 e. The lowest BCUT2D eigenvalue weighted by Gasteiger charge is -2.34. The molecule has 1 aliphatic rings. The first-order chi connectivity index (χ1) is 17.0. The van der Waals surface area contributed by atoms with Crippen molar-refractivity contribution in [2.75, 3.05) is 13.1 Å². The highest BCUT2D eigenvalue weighted by Gasteiger charge is 2.37. The summed E-state index contributed by atoms with van der Waals surface area (Å²) in [6.45, 7) is 5.50. The van der Waals surface area contributed by atoms with E-state index in [2.05, 4.69) is 77.6 Å². The van der Waals surface area contributed by atoms with Crippen molar-refractivity contribution in [2.45, 2.75) is 56.1 Å². The van der Waals surface area contributed by atoms with Crippen LogP contribution in [0.5, 0.6) is 0 Å². The van der Waals surface area contributed by atoms with Gasteiger partial charge in [-0.2, -0.15) is 0 Å². The molecule has 3 aromatic carbocycles. The minimum atomic E-state index is -3.45. The van der Waals surface area contributed by atoms with Gasteiger partial charge in [0.05, 0.1) is 4.90 Å². The molecular formula is C29H37N2O2PS. The lowest BCUT2D eigenvalue weighted by molar-refractivity contribution is 0.385. The predicted molar refractivity (Wildman–Crippen MR) is 149 cm³/mol. The van der Waals surface area contributed by atoms with Crippen molar-refractivity contribution in [2.24, 2.45) is 5.92 Å². The fourth-order valence-corrected chi connectivity index (χ4v) is 9.51. The molecule has 3 atom stereocenters. The molecule has 0 saturated heterocycles. The molecule has 2 unspecified atom stereocenters. The highest BCUT2D eigenvalue weighted by atomic mass is 32.2. The van der Waals surface area contributed by atoms with Crippen LogP contribution >= 0.6 is 7.92 Å². The van der Waals surface area contributed by atoms with E-state index >= 15 is 0 Å². The zero-order chi connectivity index (χ0) is 24.7. The van der Waals surface area contributed by atoms with Gasteiger partial charge in [0.25, 0.3) is 0 Å². The van der Waals surface area contributed by atoms with Crippen LogP contribution < -0.4 is 20.6 Å². The molecule has 0 aliphatic heterocycles. The summed E-state index contributed by atoms with van der Waals surface area (Å²) in [6.07, 6.45) is 4.55. The van der Waals surface area contributed by atoms with E-state index in [1.54, 1.807) is 12.1 Å². The highest BCUT2D eigenvalue weighted by molar-refractivity contribution is 7.89. The van der Waals surface area contributed by atoms with Crippen molar-refractivity contribution in [3.05, 3.63) is 90.5 Å². The Balaban J connectivity index is 1.34. The van der Waals surface area contributed by atoms with Crippen molar-refractivity contribution in [3.8, 4) is 0 Å². The topological polar surface area (TPSA) is 58.2 Å². The average molecular weight is 509 g/mol. The summed E-state index contributed by atoms with van der Waals surface area (Å²) in [5.74, 6) is 0.616. The summed E-state index contributed by atoms with van der Waals surface area (Å²) in [6, 6.07) is 29.4. The fourth-order valence-electron chi connectivity index (χ4n) is 5.16. The van der Waals surface area contributed by atoms with Gasteiger partial charge in [-0.05, 0) is 81.9 Å².